The van der Waals surface area contributed by atoms with E-state index in [1.54, 1.807) is 6.20 Å². The second-order valence-electron chi connectivity index (χ2n) is 4.52. The maximum atomic E-state index is 5.61. The predicted octanol–water partition coefficient (Wildman–Crippen LogP) is 2.04. The fourth-order valence-electron chi connectivity index (χ4n) is 1.48. The van der Waals surface area contributed by atoms with Crippen molar-refractivity contribution in [3.63, 3.8) is 0 Å². The number of rotatable bonds is 9. The lowest BCUT2D eigenvalue weighted by molar-refractivity contribution is 0.146. The maximum absolute atomic E-state index is 5.61. The lowest BCUT2D eigenvalue weighted by atomic mass is 10.2. The smallest absolute Gasteiger partial charge is 0.195 e. The molecule has 0 spiro atoms. The predicted molar refractivity (Wildman–Crippen MR) is 68.1 cm³/mol. The molecule has 1 aromatic rings. The number of ether oxygens (including phenoxy) is 1. The van der Waals surface area contributed by atoms with Crippen LogP contribution in [-0.4, -0.2) is 31.3 Å². The van der Waals surface area contributed by atoms with Crippen molar-refractivity contribution in [3.8, 4) is 0 Å². The van der Waals surface area contributed by atoms with Gasteiger partial charge in [-0.15, -0.1) is 0 Å². The molecule has 4 heteroatoms. The Morgan fingerprint density at radius 3 is 2.94 bits per heavy atom. The first-order chi connectivity index (χ1) is 8.22. The van der Waals surface area contributed by atoms with Gasteiger partial charge in [-0.05, 0) is 19.4 Å². The minimum absolute atomic E-state index is 0.682. The summed E-state index contributed by atoms with van der Waals surface area (Å²) in [5.41, 5.74) is 0. The first kappa shape index (κ1) is 14.2. The van der Waals surface area contributed by atoms with Crippen molar-refractivity contribution in [1.29, 1.82) is 0 Å². The maximum Gasteiger partial charge on any atom is 0.195 e. The third kappa shape index (κ3) is 6.44. The van der Waals surface area contributed by atoms with Gasteiger partial charge in [0.1, 0.15) is 5.76 Å². The van der Waals surface area contributed by atoms with Crippen LogP contribution in [0.3, 0.4) is 0 Å². The molecule has 1 N–H and O–H groups in total. The van der Waals surface area contributed by atoms with Crippen molar-refractivity contribution >= 4 is 0 Å². The SMILES string of the molecule is CCOCCc1cnc(CCNCC(C)C)o1. The van der Waals surface area contributed by atoms with Crippen molar-refractivity contribution in [3.05, 3.63) is 17.8 Å². The van der Waals surface area contributed by atoms with Gasteiger partial charge in [0.15, 0.2) is 5.89 Å². The van der Waals surface area contributed by atoms with E-state index in [1.165, 1.54) is 0 Å². The average molecular weight is 240 g/mol. The molecule has 0 saturated heterocycles. The topological polar surface area (TPSA) is 47.3 Å². The van der Waals surface area contributed by atoms with Crippen molar-refractivity contribution in [1.82, 2.24) is 10.3 Å². The molecule has 1 heterocycles. The zero-order valence-corrected chi connectivity index (χ0v) is 11.2. The van der Waals surface area contributed by atoms with Crippen molar-refractivity contribution in [2.45, 2.75) is 33.6 Å². The largest absolute Gasteiger partial charge is 0.446 e. The van der Waals surface area contributed by atoms with Crippen LogP contribution in [0, 0.1) is 5.92 Å². The van der Waals surface area contributed by atoms with Gasteiger partial charge >= 0.3 is 0 Å². The number of oxazole rings is 1. The number of aromatic nitrogens is 1. The van der Waals surface area contributed by atoms with Gasteiger partial charge in [0, 0.05) is 26.0 Å². The third-order valence-corrected chi connectivity index (χ3v) is 2.37. The molecule has 0 aliphatic heterocycles. The summed E-state index contributed by atoms with van der Waals surface area (Å²) in [5.74, 6) is 2.41. The molecule has 0 aliphatic carbocycles. The van der Waals surface area contributed by atoms with Crippen LogP contribution < -0.4 is 5.32 Å². The molecule has 0 radical (unpaired) electrons. The second kappa shape index (κ2) is 8.25. The van der Waals surface area contributed by atoms with Gasteiger partial charge in [-0.1, -0.05) is 13.8 Å². The molecule has 0 saturated carbocycles. The zero-order valence-electron chi connectivity index (χ0n) is 11.2. The first-order valence-electron chi connectivity index (χ1n) is 6.44. The van der Waals surface area contributed by atoms with Gasteiger partial charge < -0.3 is 14.5 Å². The van der Waals surface area contributed by atoms with Crippen LogP contribution >= 0.6 is 0 Å². The quantitative estimate of drug-likeness (QED) is 0.671. The Balaban J connectivity index is 2.16. The number of hydrogen-bond donors (Lipinski definition) is 1. The minimum atomic E-state index is 0.682. The molecule has 98 valence electrons. The van der Waals surface area contributed by atoms with E-state index in [0.717, 1.165) is 44.2 Å². The molecule has 0 atom stereocenters. The summed E-state index contributed by atoms with van der Waals surface area (Å²) in [7, 11) is 0. The molecule has 1 aromatic heterocycles. The molecule has 0 fully saturated rings. The fourth-order valence-corrected chi connectivity index (χ4v) is 1.48. The minimum Gasteiger partial charge on any atom is -0.446 e. The molecule has 0 aromatic carbocycles. The van der Waals surface area contributed by atoms with Crippen LogP contribution in [0.1, 0.15) is 32.4 Å². The Morgan fingerprint density at radius 1 is 1.41 bits per heavy atom. The van der Waals surface area contributed by atoms with E-state index >= 15 is 0 Å². The summed E-state index contributed by atoms with van der Waals surface area (Å²) >= 11 is 0. The first-order valence-corrected chi connectivity index (χ1v) is 6.44. The van der Waals surface area contributed by atoms with Crippen LogP contribution in [0.2, 0.25) is 0 Å². The highest BCUT2D eigenvalue weighted by atomic mass is 16.5. The Morgan fingerprint density at radius 2 is 2.24 bits per heavy atom. The summed E-state index contributed by atoms with van der Waals surface area (Å²) in [6.45, 7) is 9.80. The van der Waals surface area contributed by atoms with Gasteiger partial charge in [0.2, 0.25) is 0 Å². The molecule has 4 nitrogen and oxygen atoms in total. The summed E-state index contributed by atoms with van der Waals surface area (Å²) in [6.07, 6.45) is 3.46. The van der Waals surface area contributed by atoms with E-state index in [1.807, 2.05) is 6.92 Å². The van der Waals surface area contributed by atoms with E-state index in [9.17, 15) is 0 Å². The third-order valence-electron chi connectivity index (χ3n) is 2.37. The highest BCUT2D eigenvalue weighted by molar-refractivity contribution is 4.94. The second-order valence-corrected chi connectivity index (χ2v) is 4.52. The zero-order chi connectivity index (χ0) is 12.5. The van der Waals surface area contributed by atoms with Gasteiger partial charge in [-0.3, -0.25) is 0 Å². The van der Waals surface area contributed by atoms with Crippen LogP contribution in [0.5, 0.6) is 0 Å². The molecule has 1 rings (SSSR count). The highest BCUT2D eigenvalue weighted by Gasteiger charge is 2.03. The number of hydrogen-bond acceptors (Lipinski definition) is 4. The van der Waals surface area contributed by atoms with Crippen LogP contribution in [0.4, 0.5) is 0 Å². The highest BCUT2D eigenvalue weighted by Crippen LogP contribution is 2.05. The lowest BCUT2D eigenvalue weighted by Crippen LogP contribution is -2.22. The molecule has 17 heavy (non-hydrogen) atoms. The molecule has 0 amide bonds. The van der Waals surface area contributed by atoms with Crippen molar-refractivity contribution < 1.29 is 9.15 Å². The van der Waals surface area contributed by atoms with E-state index < -0.39 is 0 Å². The van der Waals surface area contributed by atoms with E-state index in [2.05, 4.69) is 24.1 Å². The fraction of sp³-hybridized carbons (Fsp3) is 0.769. The normalized spacial score (nSPS) is 11.3. The molecule has 0 bridgehead atoms. The van der Waals surface area contributed by atoms with E-state index in [4.69, 9.17) is 9.15 Å². The van der Waals surface area contributed by atoms with Gasteiger partial charge in [0.25, 0.3) is 0 Å². The summed E-state index contributed by atoms with van der Waals surface area (Å²) in [6, 6.07) is 0. The Kier molecular flexibility index (Phi) is 6.89. The summed E-state index contributed by atoms with van der Waals surface area (Å²) in [4.78, 5) is 4.25. The van der Waals surface area contributed by atoms with Crippen molar-refractivity contribution in [2.24, 2.45) is 5.92 Å². The Bertz CT molecular complexity index is 297. The van der Waals surface area contributed by atoms with Crippen molar-refractivity contribution in [2.75, 3.05) is 26.3 Å². The Hall–Kier alpha value is -0.870. The standard InChI is InChI=1S/C13H24N2O2/c1-4-16-8-6-12-10-15-13(17-12)5-7-14-9-11(2)3/h10-11,14H,4-9H2,1-3H3. The molecular weight excluding hydrogens is 216 g/mol. The van der Waals surface area contributed by atoms with Crippen LogP contribution in [0.15, 0.2) is 10.6 Å². The lowest BCUT2D eigenvalue weighted by Gasteiger charge is -2.05. The van der Waals surface area contributed by atoms with Crippen LogP contribution in [0.25, 0.3) is 0 Å². The van der Waals surface area contributed by atoms with Gasteiger partial charge in [0.05, 0.1) is 12.8 Å². The average Bonchev–Trinajstić information content (AvgIpc) is 2.73. The molecule has 0 unspecified atom stereocenters. The summed E-state index contributed by atoms with van der Waals surface area (Å²) < 4.78 is 10.9. The Labute approximate surface area is 104 Å². The van der Waals surface area contributed by atoms with Crippen LogP contribution in [-0.2, 0) is 17.6 Å². The summed E-state index contributed by atoms with van der Waals surface area (Å²) in [5, 5.41) is 3.37. The number of nitrogens with zero attached hydrogens (tertiary/aromatic N) is 1. The monoisotopic (exact) mass is 240 g/mol. The van der Waals surface area contributed by atoms with Gasteiger partial charge in [-0.2, -0.15) is 0 Å². The van der Waals surface area contributed by atoms with E-state index in [-0.39, 0.29) is 0 Å². The molecular formula is C13H24N2O2. The number of nitrogens with one attached hydrogen (secondary N) is 1. The van der Waals surface area contributed by atoms with Gasteiger partial charge in [-0.25, -0.2) is 4.98 Å². The molecule has 0 aliphatic rings. The van der Waals surface area contributed by atoms with E-state index in [0.29, 0.717) is 12.5 Å².